The Balaban J connectivity index is 2.80. The van der Waals surface area contributed by atoms with Crippen molar-refractivity contribution >= 4 is 10.2 Å². The molecular formula is C8H19N3O2S. The first kappa shape index (κ1) is 11.9. The Labute approximate surface area is 86.3 Å². The van der Waals surface area contributed by atoms with E-state index < -0.39 is 10.2 Å². The number of piperazine rings is 1. The molecule has 0 aromatic rings. The van der Waals surface area contributed by atoms with Crippen molar-refractivity contribution in [3.63, 3.8) is 0 Å². The zero-order valence-corrected chi connectivity index (χ0v) is 10.1. The van der Waals surface area contributed by atoms with Crippen molar-refractivity contribution in [3.8, 4) is 0 Å². The summed E-state index contributed by atoms with van der Waals surface area (Å²) >= 11 is 0. The molecule has 1 N–H and O–H groups in total. The van der Waals surface area contributed by atoms with Gasteiger partial charge in [0.1, 0.15) is 0 Å². The van der Waals surface area contributed by atoms with Crippen LogP contribution < -0.4 is 5.32 Å². The number of hydrogen-bond acceptors (Lipinski definition) is 3. The van der Waals surface area contributed by atoms with Crippen LogP contribution in [0.2, 0.25) is 0 Å². The van der Waals surface area contributed by atoms with Crippen molar-refractivity contribution < 1.29 is 8.42 Å². The molecule has 1 aliphatic heterocycles. The van der Waals surface area contributed by atoms with Crippen molar-refractivity contribution in [2.75, 3.05) is 33.7 Å². The van der Waals surface area contributed by atoms with Gasteiger partial charge in [0.15, 0.2) is 0 Å². The van der Waals surface area contributed by atoms with Gasteiger partial charge in [-0.25, -0.2) is 0 Å². The largest absolute Gasteiger partial charge is 0.309 e. The molecule has 1 aliphatic rings. The molecule has 84 valence electrons. The van der Waals surface area contributed by atoms with Gasteiger partial charge in [0.05, 0.1) is 0 Å². The lowest BCUT2D eigenvalue weighted by Gasteiger charge is -2.39. The van der Waals surface area contributed by atoms with Gasteiger partial charge in [0.2, 0.25) is 0 Å². The highest BCUT2D eigenvalue weighted by atomic mass is 32.2. The van der Waals surface area contributed by atoms with E-state index in [-0.39, 0.29) is 5.54 Å². The second-order valence-corrected chi connectivity index (χ2v) is 6.58. The second-order valence-electron chi connectivity index (χ2n) is 4.43. The van der Waals surface area contributed by atoms with Gasteiger partial charge in [-0.1, -0.05) is 0 Å². The first-order valence-corrected chi connectivity index (χ1v) is 6.08. The highest BCUT2D eigenvalue weighted by molar-refractivity contribution is 7.86. The predicted octanol–water partition coefficient (Wildman–Crippen LogP) is -0.523. The van der Waals surface area contributed by atoms with Gasteiger partial charge in [-0.15, -0.1) is 0 Å². The van der Waals surface area contributed by atoms with Crippen LogP contribution in [0, 0.1) is 0 Å². The van der Waals surface area contributed by atoms with Gasteiger partial charge in [0.25, 0.3) is 10.2 Å². The molecule has 1 fully saturated rings. The van der Waals surface area contributed by atoms with Gasteiger partial charge in [-0.05, 0) is 13.8 Å². The van der Waals surface area contributed by atoms with E-state index in [1.54, 1.807) is 14.1 Å². The molecule has 0 spiro atoms. The molecule has 0 unspecified atom stereocenters. The highest BCUT2D eigenvalue weighted by Crippen LogP contribution is 2.14. The van der Waals surface area contributed by atoms with Gasteiger partial charge < -0.3 is 5.32 Å². The van der Waals surface area contributed by atoms with Crippen LogP contribution in [0.1, 0.15) is 13.8 Å². The third kappa shape index (κ3) is 2.44. The second kappa shape index (κ2) is 3.77. The zero-order valence-electron chi connectivity index (χ0n) is 9.24. The van der Waals surface area contributed by atoms with Crippen molar-refractivity contribution in [3.05, 3.63) is 0 Å². The van der Waals surface area contributed by atoms with Crippen molar-refractivity contribution in [1.82, 2.24) is 13.9 Å². The van der Waals surface area contributed by atoms with Crippen molar-refractivity contribution in [1.29, 1.82) is 0 Å². The number of nitrogens with one attached hydrogen (secondary N) is 1. The summed E-state index contributed by atoms with van der Waals surface area (Å²) < 4.78 is 26.4. The van der Waals surface area contributed by atoms with E-state index in [2.05, 4.69) is 5.32 Å². The Morgan fingerprint density at radius 1 is 1.36 bits per heavy atom. The summed E-state index contributed by atoms with van der Waals surface area (Å²) in [4.78, 5) is 0. The first-order chi connectivity index (χ1) is 6.26. The van der Waals surface area contributed by atoms with Crippen LogP contribution in [0.4, 0.5) is 0 Å². The Morgan fingerprint density at radius 3 is 2.36 bits per heavy atom. The first-order valence-electron chi connectivity index (χ1n) is 4.68. The van der Waals surface area contributed by atoms with Crippen molar-refractivity contribution in [2.45, 2.75) is 19.4 Å². The number of rotatable bonds is 2. The maximum Gasteiger partial charge on any atom is 0.281 e. The summed E-state index contributed by atoms with van der Waals surface area (Å²) in [5, 5.41) is 3.27. The van der Waals surface area contributed by atoms with E-state index in [4.69, 9.17) is 0 Å². The van der Waals surface area contributed by atoms with Crippen LogP contribution in [0.3, 0.4) is 0 Å². The molecular weight excluding hydrogens is 202 g/mol. The van der Waals surface area contributed by atoms with Gasteiger partial charge in [-0.3, -0.25) is 0 Å². The zero-order chi connectivity index (χ0) is 11.0. The van der Waals surface area contributed by atoms with Crippen LogP contribution in [0.25, 0.3) is 0 Å². The minimum absolute atomic E-state index is 0.138. The molecule has 1 saturated heterocycles. The molecule has 1 rings (SSSR count). The lowest BCUT2D eigenvalue weighted by atomic mass is 10.0. The minimum atomic E-state index is -3.24. The van der Waals surface area contributed by atoms with E-state index >= 15 is 0 Å². The minimum Gasteiger partial charge on any atom is -0.309 e. The molecule has 0 aromatic carbocycles. The Kier molecular flexibility index (Phi) is 3.20. The van der Waals surface area contributed by atoms with E-state index in [1.165, 1.54) is 8.61 Å². The van der Waals surface area contributed by atoms with Crippen molar-refractivity contribution in [2.24, 2.45) is 0 Å². The molecule has 1 heterocycles. The van der Waals surface area contributed by atoms with Crippen LogP contribution >= 0.6 is 0 Å². The average Bonchev–Trinajstić information content (AvgIpc) is 2.02. The third-order valence-electron chi connectivity index (χ3n) is 2.32. The summed E-state index contributed by atoms with van der Waals surface area (Å²) in [6.45, 7) is 5.78. The molecule has 14 heavy (non-hydrogen) atoms. The molecule has 0 saturated carbocycles. The summed E-state index contributed by atoms with van der Waals surface area (Å²) in [5.74, 6) is 0. The lowest BCUT2D eigenvalue weighted by molar-refractivity contribution is 0.225. The third-order valence-corrected chi connectivity index (χ3v) is 4.21. The topological polar surface area (TPSA) is 52.7 Å². The summed E-state index contributed by atoms with van der Waals surface area (Å²) in [6.07, 6.45) is 0. The Hall–Kier alpha value is -0.170. The fourth-order valence-electron chi connectivity index (χ4n) is 1.52. The Bertz CT molecular complexity index is 298. The smallest absolute Gasteiger partial charge is 0.281 e. The van der Waals surface area contributed by atoms with Crippen LogP contribution in [-0.4, -0.2) is 56.3 Å². The lowest BCUT2D eigenvalue weighted by Crippen LogP contribution is -2.59. The normalized spacial score (nSPS) is 24.1. The highest BCUT2D eigenvalue weighted by Gasteiger charge is 2.33. The van der Waals surface area contributed by atoms with Gasteiger partial charge in [-0.2, -0.15) is 17.0 Å². The van der Waals surface area contributed by atoms with E-state index in [0.717, 1.165) is 0 Å². The molecule has 0 radical (unpaired) electrons. The summed E-state index contributed by atoms with van der Waals surface area (Å²) in [7, 11) is -0.125. The fourth-order valence-corrected chi connectivity index (χ4v) is 2.79. The molecule has 5 nitrogen and oxygen atoms in total. The van der Waals surface area contributed by atoms with Crippen LogP contribution in [-0.2, 0) is 10.2 Å². The quantitative estimate of drug-likeness (QED) is 0.682. The molecule has 0 aromatic heterocycles. The monoisotopic (exact) mass is 221 g/mol. The van der Waals surface area contributed by atoms with Gasteiger partial charge >= 0.3 is 0 Å². The average molecular weight is 221 g/mol. The van der Waals surface area contributed by atoms with Gasteiger partial charge in [0, 0.05) is 39.3 Å². The summed E-state index contributed by atoms with van der Waals surface area (Å²) in [6, 6.07) is 0. The number of hydrogen-bond donors (Lipinski definition) is 1. The summed E-state index contributed by atoms with van der Waals surface area (Å²) in [5.41, 5.74) is -0.138. The molecule has 0 bridgehead atoms. The standard InChI is InChI=1S/C8H19N3O2S/c1-8(2)7-11(6-5-9-8)14(12,13)10(3)4/h9H,5-7H2,1-4H3. The molecule has 0 aliphatic carbocycles. The molecule has 6 heteroatoms. The van der Waals surface area contributed by atoms with E-state index in [9.17, 15) is 8.42 Å². The van der Waals surface area contributed by atoms with E-state index in [1.807, 2.05) is 13.8 Å². The predicted molar refractivity (Wildman–Crippen MR) is 56.3 cm³/mol. The van der Waals surface area contributed by atoms with E-state index in [0.29, 0.717) is 19.6 Å². The van der Waals surface area contributed by atoms with Crippen LogP contribution in [0.5, 0.6) is 0 Å². The molecule has 0 atom stereocenters. The SMILES string of the molecule is CN(C)S(=O)(=O)N1CCNC(C)(C)C1. The maximum atomic E-state index is 11.8. The maximum absolute atomic E-state index is 11.8. The fraction of sp³-hybridized carbons (Fsp3) is 1.00. The molecule has 0 amide bonds. The van der Waals surface area contributed by atoms with Crippen LogP contribution in [0.15, 0.2) is 0 Å². The Morgan fingerprint density at radius 2 is 1.93 bits per heavy atom. The number of nitrogens with zero attached hydrogens (tertiary/aromatic N) is 2.